The van der Waals surface area contributed by atoms with Crippen LogP contribution in [0.15, 0.2) is 0 Å². The summed E-state index contributed by atoms with van der Waals surface area (Å²) < 4.78 is 26.2. The minimum absolute atomic E-state index is 0.399. The topological polar surface area (TPSA) is 49.4 Å². The quantitative estimate of drug-likeness (QED) is 0.790. The van der Waals surface area contributed by atoms with E-state index in [1.165, 1.54) is 19.3 Å². The van der Waals surface area contributed by atoms with E-state index in [0.29, 0.717) is 17.6 Å². The third-order valence-corrected chi connectivity index (χ3v) is 6.30. The molecule has 3 rings (SSSR count). The van der Waals surface area contributed by atoms with Gasteiger partial charge >= 0.3 is 0 Å². The van der Waals surface area contributed by atoms with Gasteiger partial charge in [0.15, 0.2) is 0 Å². The van der Waals surface area contributed by atoms with E-state index in [4.69, 9.17) is 0 Å². The Kier molecular flexibility index (Phi) is 3.65. The first-order valence-corrected chi connectivity index (χ1v) is 8.95. The van der Waals surface area contributed by atoms with Gasteiger partial charge in [-0.25, -0.2) is 12.7 Å². The highest BCUT2D eigenvalue weighted by Crippen LogP contribution is 2.32. The van der Waals surface area contributed by atoms with Crippen LogP contribution in [0.3, 0.4) is 0 Å². The van der Waals surface area contributed by atoms with Crippen molar-refractivity contribution < 1.29 is 8.42 Å². The van der Waals surface area contributed by atoms with Gasteiger partial charge in [0.2, 0.25) is 10.0 Å². The summed E-state index contributed by atoms with van der Waals surface area (Å²) in [5, 5.41) is 3.53. The van der Waals surface area contributed by atoms with Crippen LogP contribution in [0.4, 0.5) is 0 Å². The van der Waals surface area contributed by atoms with Crippen molar-refractivity contribution in [2.24, 2.45) is 11.8 Å². The van der Waals surface area contributed by atoms with Crippen molar-refractivity contribution in [3.8, 4) is 0 Å². The number of piperidine rings is 1. The van der Waals surface area contributed by atoms with Crippen molar-refractivity contribution in [1.29, 1.82) is 0 Å². The second kappa shape index (κ2) is 5.10. The highest BCUT2D eigenvalue weighted by Gasteiger charge is 2.34. The highest BCUT2D eigenvalue weighted by atomic mass is 32.2. The first-order valence-electron chi connectivity index (χ1n) is 7.35. The van der Waals surface area contributed by atoms with Crippen LogP contribution in [-0.2, 0) is 10.0 Å². The molecule has 1 saturated heterocycles. The minimum atomic E-state index is -2.97. The fourth-order valence-electron chi connectivity index (χ4n) is 2.75. The zero-order valence-electron chi connectivity index (χ0n) is 11.0. The molecule has 5 heteroatoms. The molecule has 0 spiro atoms. The molecule has 0 amide bonds. The summed E-state index contributed by atoms with van der Waals surface area (Å²) in [6, 6.07) is 0.725. The first-order chi connectivity index (χ1) is 8.63. The van der Waals surface area contributed by atoms with Crippen molar-refractivity contribution in [2.45, 2.75) is 44.6 Å². The highest BCUT2D eigenvalue weighted by molar-refractivity contribution is 7.89. The van der Waals surface area contributed by atoms with Crippen LogP contribution in [0, 0.1) is 11.8 Å². The number of nitrogens with one attached hydrogen (secondary N) is 1. The molecule has 4 nitrogen and oxygen atoms in total. The first kappa shape index (κ1) is 12.9. The normalized spacial score (nSPS) is 30.6. The number of hydrogen-bond donors (Lipinski definition) is 1. The molecule has 0 bridgehead atoms. The molecular formula is C13H24N2O2S. The van der Waals surface area contributed by atoms with E-state index in [1.54, 1.807) is 4.31 Å². The molecule has 18 heavy (non-hydrogen) atoms. The number of rotatable bonds is 6. The van der Waals surface area contributed by atoms with Crippen LogP contribution in [-0.4, -0.2) is 44.2 Å². The fourth-order valence-corrected chi connectivity index (χ4v) is 4.74. The Morgan fingerprint density at radius 2 is 1.83 bits per heavy atom. The van der Waals surface area contributed by atoms with Crippen LogP contribution < -0.4 is 5.32 Å². The molecule has 2 aliphatic carbocycles. The Morgan fingerprint density at radius 3 is 2.50 bits per heavy atom. The van der Waals surface area contributed by atoms with Crippen molar-refractivity contribution >= 4 is 10.0 Å². The standard InChI is InChI=1S/C13H24N2O2S/c16-18(17,10-11-3-4-11)15-7-1-2-12(9-15)8-14-13-5-6-13/h11-14H,1-10H2. The largest absolute Gasteiger partial charge is 0.314 e. The second-order valence-corrected chi connectivity index (χ2v) is 8.28. The molecule has 1 heterocycles. The molecule has 0 radical (unpaired) electrons. The summed E-state index contributed by atoms with van der Waals surface area (Å²) in [5.74, 6) is 1.38. The number of nitrogens with zero attached hydrogens (tertiary/aromatic N) is 1. The minimum Gasteiger partial charge on any atom is -0.314 e. The van der Waals surface area contributed by atoms with Crippen LogP contribution in [0.1, 0.15) is 38.5 Å². The maximum atomic E-state index is 12.2. The van der Waals surface area contributed by atoms with Gasteiger partial charge in [-0.05, 0) is 56.9 Å². The molecular weight excluding hydrogens is 248 g/mol. The lowest BCUT2D eigenvalue weighted by atomic mass is 10.00. The molecule has 1 unspecified atom stereocenters. The van der Waals surface area contributed by atoms with E-state index in [2.05, 4.69) is 5.32 Å². The smallest absolute Gasteiger partial charge is 0.214 e. The summed E-state index contributed by atoms with van der Waals surface area (Å²) >= 11 is 0. The van der Waals surface area contributed by atoms with Gasteiger partial charge in [0.05, 0.1) is 5.75 Å². The summed E-state index contributed by atoms with van der Waals surface area (Å²) in [6.07, 6.45) is 7.03. The van der Waals surface area contributed by atoms with Gasteiger partial charge in [-0.3, -0.25) is 0 Å². The Bertz CT molecular complexity index is 388. The predicted octanol–water partition coefficient (Wildman–Crippen LogP) is 1.19. The molecule has 1 N–H and O–H groups in total. The third-order valence-electron chi connectivity index (χ3n) is 4.29. The van der Waals surface area contributed by atoms with Crippen LogP contribution in [0.2, 0.25) is 0 Å². The number of hydrogen-bond acceptors (Lipinski definition) is 3. The summed E-state index contributed by atoms with van der Waals surface area (Å²) in [4.78, 5) is 0. The van der Waals surface area contributed by atoms with E-state index < -0.39 is 10.0 Å². The van der Waals surface area contributed by atoms with E-state index in [-0.39, 0.29) is 0 Å². The predicted molar refractivity (Wildman–Crippen MR) is 71.8 cm³/mol. The van der Waals surface area contributed by atoms with E-state index in [0.717, 1.165) is 44.9 Å². The molecule has 3 aliphatic rings. The Morgan fingerprint density at radius 1 is 1.06 bits per heavy atom. The van der Waals surface area contributed by atoms with Crippen LogP contribution in [0.25, 0.3) is 0 Å². The fraction of sp³-hybridized carbons (Fsp3) is 1.00. The molecule has 1 aliphatic heterocycles. The average molecular weight is 272 g/mol. The zero-order chi connectivity index (χ0) is 12.6. The van der Waals surface area contributed by atoms with Gasteiger partial charge in [0.25, 0.3) is 0 Å². The van der Waals surface area contributed by atoms with Crippen molar-refractivity contribution in [3.05, 3.63) is 0 Å². The second-order valence-electron chi connectivity index (χ2n) is 6.27. The lowest BCUT2D eigenvalue weighted by Crippen LogP contribution is -2.44. The molecule has 2 saturated carbocycles. The monoisotopic (exact) mass is 272 g/mol. The summed E-state index contributed by atoms with van der Waals surface area (Å²) in [6.45, 7) is 2.49. The van der Waals surface area contributed by atoms with Crippen molar-refractivity contribution in [1.82, 2.24) is 9.62 Å². The van der Waals surface area contributed by atoms with Crippen LogP contribution in [0.5, 0.6) is 0 Å². The summed E-state index contributed by atoms with van der Waals surface area (Å²) in [5.41, 5.74) is 0. The van der Waals surface area contributed by atoms with Gasteiger partial charge in [-0.1, -0.05) is 0 Å². The van der Waals surface area contributed by atoms with Gasteiger partial charge < -0.3 is 5.32 Å². The number of sulfonamides is 1. The lowest BCUT2D eigenvalue weighted by Gasteiger charge is -2.32. The van der Waals surface area contributed by atoms with Crippen molar-refractivity contribution in [2.75, 3.05) is 25.4 Å². The Labute approximate surface area is 110 Å². The maximum absolute atomic E-state index is 12.2. The van der Waals surface area contributed by atoms with Crippen LogP contribution >= 0.6 is 0 Å². The Balaban J connectivity index is 1.51. The third kappa shape index (κ3) is 3.45. The molecule has 3 fully saturated rings. The molecule has 0 aromatic carbocycles. The Hall–Kier alpha value is -0.130. The lowest BCUT2D eigenvalue weighted by molar-refractivity contribution is 0.259. The van der Waals surface area contributed by atoms with Gasteiger partial charge in [-0.15, -0.1) is 0 Å². The van der Waals surface area contributed by atoms with E-state index >= 15 is 0 Å². The molecule has 0 aromatic heterocycles. The van der Waals surface area contributed by atoms with Gasteiger partial charge in [0, 0.05) is 19.1 Å². The SMILES string of the molecule is O=S(=O)(CC1CC1)N1CCCC(CNC2CC2)C1. The van der Waals surface area contributed by atoms with Gasteiger partial charge in [0.1, 0.15) is 0 Å². The van der Waals surface area contributed by atoms with Crippen molar-refractivity contribution in [3.63, 3.8) is 0 Å². The van der Waals surface area contributed by atoms with E-state index in [9.17, 15) is 8.42 Å². The molecule has 0 aromatic rings. The maximum Gasteiger partial charge on any atom is 0.214 e. The molecule has 1 atom stereocenters. The molecule has 104 valence electrons. The zero-order valence-corrected chi connectivity index (χ0v) is 11.8. The van der Waals surface area contributed by atoms with Gasteiger partial charge in [-0.2, -0.15) is 0 Å². The summed E-state index contributed by atoms with van der Waals surface area (Å²) in [7, 11) is -2.97. The average Bonchev–Trinajstić information content (AvgIpc) is 3.21. The van der Waals surface area contributed by atoms with E-state index in [1.807, 2.05) is 0 Å².